The van der Waals surface area contributed by atoms with E-state index in [2.05, 4.69) is 0 Å². The summed E-state index contributed by atoms with van der Waals surface area (Å²) in [6, 6.07) is 7.43. The van der Waals surface area contributed by atoms with Gasteiger partial charge in [-0.2, -0.15) is 0 Å². The van der Waals surface area contributed by atoms with Gasteiger partial charge in [-0.05, 0) is 23.8 Å². The van der Waals surface area contributed by atoms with Crippen LogP contribution in [-0.2, 0) is 19.1 Å². The van der Waals surface area contributed by atoms with Crippen molar-refractivity contribution in [1.29, 1.82) is 0 Å². The van der Waals surface area contributed by atoms with Crippen LogP contribution >= 0.6 is 0 Å². The maximum Gasteiger partial charge on any atom is 0.337 e. The van der Waals surface area contributed by atoms with Gasteiger partial charge in [-0.15, -0.1) is 0 Å². The second-order valence-electron chi connectivity index (χ2n) is 7.52. The van der Waals surface area contributed by atoms with Gasteiger partial charge in [0, 0.05) is 49.2 Å². The molecule has 0 aromatic heterocycles. The zero-order valence-corrected chi connectivity index (χ0v) is 19.5. The molecule has 0 unspecified atom stereocenters. The van der Waals surface area contributed by atoms with Crippen molar-refractivity contribution in [2.75, 3.05) is 14.2 Å². The molecule has 1 aliphatic rings. The van der Waals surface area contributed by atoms with Gasteiger partial charge in [0.1, 0.15) is 11.5 Å². The highest BCUT2D eigenvalue weighted by Crippen LogP contribution is 2.55. The van der Waals surface area contributed by atoms with Crippen LogP contribution in [0.4, 0.5) is 0 Å². The Hall–Kier alpha value is -4.60. The van der Waals surface area contributed by atoms with E-state index in [1.54, 1.807) is 12.1 Å². The Kier molecular flexibility index (Phi) is 6.04. The van der Waals surface area contributed by atoms with Crippen LogP contribution < -0.4 is 23.7 Å². The molecule has 0 bridgehead atoms. The van der Waals surface area contributed by atoms with Crippen molar-refractivity contribution < 1.29 is 47.6 Å². The van der Waals surface area contributed by atoms with E-state index in [4.69, 9.17) is 28.4 Å². The number of ether oxygens (including phenoxy) is 6. The van der Waals surface area contributed by atoms with E-state index in [-0.39, 0.29) is 34.3 Å². The molecule has 0 fully saturated rings. The average molecular weight is 480 g/mol. The van der Waals surface area contributed by atoms with E-state index < -0.39 is 23.9 Å². The van der Waals surface area contributed by atoms with Gasteiger partial charge < -0.3 is 28.4 Å². The van der Waals surface area contributed by atoms with Gasteiger partial charge in [-0.25, -0.2) is 4.79 Å². The van der Waals surface area contributed by atoms with Crippen molar-refractivity contribution in [2.24, 2.45) is 0 Å². The van der Waals surface area contributed by atoms with Gasteiger partial charge in [-0.3, -0.25) is 14.4 Å². The zero-order chi connectivity index (χ0) is 25.4. The largest absolute Gasteiger partial charge is 0.496 e. The van der Waals surface area contributed by atoms with Crippen LogP contribution in [0, 0.1) is 0 Å². The first-order chi connectivity index (χ1) is 16.6. The number of rotatable bonds is 5. The smallest absolute Gasteiger partial charge is 0.337 e. The first-order valence-corrected chi connectivity index (χ1v) is 10.3. The fourth-order valence-corrected chi connectivity index (χ4v) is 3.83. The normalized spacial score (nSPS) is 11.1. The fraction of sp³-hybridized carbons (Fsp3) is 0.200. The Morgan fingerprint density at radius 2 is 1.29 bits per heavy atom. The third-order valence-corrected chi connectivity index (χ3v) is 5.07. The van der Waals surface area contributed by atoms with Crippen molar-refractivity contribution in [3.05, 3.63) is 35.9 Å². The number of benzene rings is 3. The maximum absolute atomic E-state index is 12.4. The molecule has 0 saturated heterocycles. The number of methoxy groups -OCH3 is 2. The lowest BCUT2D eigenvalue weighted by molar-refractivity contribution is -0.134. The van der Waals surface area contributed by atoms with Gasteiger partial charge in [-0.1, -0.05) is 0 Å². The minimum Gasteiger partial charge on any atom is -0.496 e. The molecule has 0 atom stereocenters. The molecule has 35 heavy (non-hydrogen) atoms. The Morgan fingerprint density at radius 3 is 1.86 bits per heavy atom. The highest BCUT2D eigenvalue weighted by atomic mass is 16.6. The summed E-state index contributed by atoms with van der Waals surface area (Å²) in [6.07, 6.45) is 0. The number of esters is 4. The number of carbonyl (C=O) groups excluding carboxylic acids is 4. The van der Waals surface area contributed by atoms with Crippen LogP contribution in [0.15, 0.2) is 30.3 Å². The summed E-state index contributed by atoms with van der Waals surface area (Å²) in [5.41, 5.74) is 1.11. The van der Waals surface area contributed by atoms with Crippen LogP contribution in [0.2, 0.25) is 0 Å². The molecular formula is C25H20O10. The Balaban J connectivity index is 2.10. The molecule has 0 amide bonds. The third kappa shape index (κ3) is 4.33. The molecule has 10 nitrogen and oxygen atoms in total. The van der Waals surface area contributed by atoms with Gasteiger partial charge >= 0.3 is 23.9 Å². The topological polar surface area (TPSA) is 124 Å². The van der Waals surface area contributed by atoms with E-state index in [9.17, 15) is 19.2 Å². The fourth-order valence-electron chi connectivity index (χ4n) is 3.83. The zero-order valence-electron chi connectivity index (χ0n) is 19.5. The van der Waals surface area contributed by atoms with Gasteiger partial charge in [0.2, 0.25) is 0 Å². The molecule has 0 aliphatic carbocycles. The summed E-state index contributed by atoms with van der Waals surface area (Å²) < 4.78 is 32.3. The minimum absolute atomic E-state index is 0.0294. The second kappa shape index (κ2) is 8.98. The molecule has 4 rings (SSSR count). The quantitative estimate of drug-likeness (QED) is 0.303. The maximum atomic E-state index is 12.4. The van der Waals surface area contributed by atoms with Crippen molar-refractivity contribution in [1.82, 2.24) is 0 Å². The SMILES string of the molecule is COC(=O)c1cc2c3c(c(OC(C)=O)cc(OC)c3c1)Oc1cc(OC(C)=O)c(OC(C)=O)cc1-2. The molecule has 0 radical (unpaired) electrons. The van der Waals surface area contributed by atoms with E-state index >= 15 is 0 Å². The lowest BCUT2D eigenvalue weighted by Gasteiger charge is -2.25. The van der Waals surface area contributed by atoms with Gasteiger partial charge in [0.15, 0.2) is 23.0 Å². The van der Waals surface area contributed by atoms with Crippen LogP contribution in [0.3, 0.4) is 0 Å². The monoisotopic (exact) mass is 480 g/mol. The second-order valence-corrected chi connectivity index (χ2v) is 7.52. The summed E-state index contributed by atoms with van der Waals surface area (Å²) in [5, 5.41) is 0.967. The highest BCUT2D eigenvalue weighted by molar-refractivity contribution is 6.11. The van der Waals surface area contributed by atoms with Crippen LogP contribution in [0.1, 0.15) is 31.1 Å². The van der Waals surface area contributed by atoms with Gasteiger partial charge in [0.05, 0.1) is 19.8 Å². The molecule has 0 saturated carbocycles. The number of hydrogen-bond donors (Lipinski definition) is 0. The van der Waals surface area contributed by atoms with E-state index in [0.29, 0.717) is 27.6 Å². The molecule has 0 N–H and O–H groups in total. The predicted molar refractivity (Wildman–Crippen MR) is 121 cm³/mol. The number of fused-ring (bicyclic) bond motifs is 2. The molecular weight excluding hydrogens is 460 g/mol. The molecule has 0 spiro atoms. The molecule has 10 heteroatoms. The van der Waals surface area contributed by atoms with Crippen molar-refractivity contribution in [3.63, 3.8) is 0 Å². The van der Waals surface area contributed by atoms with Crippen LogP contribution in [-0.4, -0.2) is 38.1 Å². The third-order valence-electron chi connectivity index (χ3n) is 5.07. The van der Waals surface area contributed by atoms with Gasteiger partial charge in [0.25, 0.3) is 0 Å². The lowest BCUT2D eigenvalue weighted by atomic mass is 9.91. The van der Waals surface area contributed by atoms with E-state index in [1.165, 1.54) is 53.2 Å². The Bertz CT molecular complexity index is 1420. The minimum atomic E-state index is -0.644. The Morgan fingerprint density at radius 1 is 0.686 bits per heavy atom. The molecule has 3 aromatic rings. The molecule has 1 aliphatic heterocycles. The first kappa shape index (κ1) is 23.6. The van der Waals surface area contributed by atoms with Crippen LogP contribution in [0.25, 0.3) is 21.9 Å². The average Bonchev–Trinajstić information content (AvgIpc) is 2.79. The highest BCUT2D eigenvalue weighted by Gasteiger charge is 2.30. The van der Waals surface area contributed by atoms with Crippen LogP contribution in [0.5, 0.6) is 34.5 Å². The predicted octanol–water partition coefficient (Wildman–Crippen LogP) is 4.18. The summed E-state index contributed by atoms with van der Waals surface area (Å²) in [4.78, 5) is 47.6. The number of hydrogen-bond acceptors (Lipinski definition) is 10. The summed E-state index contributed by atoms with van der Waals surface area (Å²) in [5.74, 6) is -1.77. The van der Waals surface area contributed by atoms with E-state index in [0.717, 1.165) is 0 Å². The summed E-state index contributed by atoms with van der Waals surface area (Å²) in [6.45, 7) is 3.64. The van der Waals surface area contributed by atoms with E-state index in [1.807, 2.05) is 0 Å². The lowest BCUT2D eigenvalue weighted by Crippen LogP contribution is -2.10. The number of carbonyl (C=O) groups is 4. The molecule has 1 heterocycles. The van der Waals surface area contributed by atoms with Crippen molar-refractivity contribution in [3.8, 4) is 45.6 Å². The van der Waals surface area contributed by atoms with Crippen molar-refractivity contribution in [2.45, 2.75) is 20.8 Å². The summed E-state index contributed by atoms with van der Waals surface area (Å²) in [7, 11) is 2.69. The molecule has 180 valence electrons. The molecule has 3 aromatic carbocycles. The first-order valence-electron chi connectivity index (χ1n) is 10.3. The van der Waals surface area contributed by atoms with Crippen molar-refractivity contribution >= 4 is 34.6 Å². The standard InChI is InChI=1S/C25H20O10/c1-11(26)32-20-8-15-16-6-14(25(29)31-5)7-17-18(30-4)9-22(34-13(3)28)24(23(16)17)35-19(15)10-21(20)33-12(2)27/h6-10H,1-5H3. The Labute approximate surface area is 199 Å². The summed E-state index contributed by atoms with van der Waals surface area (Å²) >= 11 is 0.